The summed E-state index contributed by atoms with van der Waals surface area (Å²) in [5, 5.41) is 0. The highest BCUT2D eigenvalue weighted by Gasteiger charge is 2.32. The Morgan fingerprint density at radius 3 is 2.42 bits per heavy atom. The van der Waals surface area contributed by atoms with Gasteiger partial charge in [0.25, 0.3) is 0 Å². The van der Waals surface area contributed by atoms with Gasteiger partial charge in [-0.3, -0.25) is 9.59 Å². The molecule has 0 fully saturated rings. The van der Waals surface area contributed by atoms with Crippen LogP contribution < -0.4 is 0 Å². The molecule has 2 nitrogen and oxygen atoms in total. The number of hydrogen-bond donors (Lipinski definition) is 0. The minimum absolute atomic E-state index is 0.0449. The van der Waals surface area contributed by atoms with Gasteiger partial charge in [0.05, 0.1) is 5.92 Å². The molecule has 1 aromatic carbocycles. The molecule has 96 valence electrons. The lowest BCUT2D eigenvalue weighted by atomic mass is 9.89. The monoisotopic (exact) mass is 252 g/mol. The average Bonchev–Trinajstić information content (AvgIpc) is 2.78. The van der Waals surface area contributed by atoms with Crippen molar-refractivity contribution < 1.29 is 9.59 Å². The summed E-state index contributed by atoms with van der Waals surface area (Å²) in [4.78, 5) is 24.3. The Morgan fingerprint density at radius 2 is 1.74 bits per heavy atom. The van der Waals surface area contributed by atoms with Crippen molar-refractivity contribution in [1.82, 2.24) is 0 Å². The number of hydrogen-bond acceptors (Lipinski definition) is 2. The molecule has 0 aliphatic heterocycles. The Balaban J connectivity index is 2.49. The molecule has 0 saturated heterocycles. The highest BCUT2D eigenvalue weighted by Crippen LogP contribution is 2.37. The Morgan fingerprint density at radius 1 is 1.05 bits per heavy atom. The highest BCUT2D eigenvalue weighted by molar-refractivity contribution is 6.16. The molecule has 2 heteroatoms. The third kappa shape index (κ3) is 2.48. The number of allylic oxidation sites excluding steroid dienone is 5. The molecule has 1 atom stereocenters. The molecule has 19 heavy (non-hydrogen) atoms. The van der Waals surface area contributed by atoms with E-state index in [-0.39, 0.29) is 11.6 Å². The maximum absolute atomic E-state index is 12.2. The van der Waals surface area contributed by atoms with Crippen molar-refractivity contribution in [1.29, 1.82) is 0 Å². The van der Waals surface area contributed by atoms with Crippen molar-refractivity contribution in [2.75, 3.05) is 0 Å². The number of rotatable bonds is 4. The van der Waals surface area contributed by atoms with Crippen LogP contribution in [0.15, 0.2) is 54.1 Å². The van der Waals surface area contributed by atoms with E-state index in [4.69, 9.17) is 0 Å². The summed E-state index contributed by atoms with van der Waals surface area (Å²) in [7, 11) is 0. The van der Waals surface area contributed by atoms with Crippen LogP contribution in [0.25, 0.3) is 6.08 Å². The molecular weight excluding hydrogens is 236 g/mol. The maximum atomic E-state index is 12.2. The first-order valence-corrected chi connectivity index (χ1v) is 6.33. The van der Waals surface area contributed by atoms with E-state index in [1.54, 1.807) is 26.0 Å². The van der Waals surface area contributed by atoms with Crippen molar-refractivity contribution in [2.24, 2.45) is 0 Å². The maximum Gasteiger partial charge on any atom is 0.182 e. The van der Waals surface area contributed by atoms with Gasteiger partial charge in [0.1, 0.15) is 0 Å². The first-order chi connectivity index (χ1) is 9.19. The molecule has 0 bridgehead atoms. The summed E-state index contributed by atoms with van der Waals surface area (Å²) in [6, 6.07) is 7.65. The normalized spacial score (nSPS) is 17.8. The van der Waals surface area contributed by atoms with Gasteiger partial charge >= 0.3 is 0 Å². The first kappa shape index (κ1) is 13.2. The fraction of sp³-hybridized carbons (Fsp3) is 0.176. The van der Waals surface area contributed by atoms with Gasteiger partial charge < -0.3 is 0 Å². The topological polar surface area (TPSA) is 34.1 Å². The molecule has 0 aromatic heterocycles. The molecule has 2 rings (SSSR count). The van der Waals surface area contributed by atoms with E-state index in [9.17, 15) is 9.59 Å². The molecule has 1 unspecified atom stereocenters. The molecule has 0 heterocycles. The van der Waals surface area contributed by atoms with E-state index < -0.39 is 5.92 Å². The zero-order chi connectivity index (χ0) is 13.8. The minimum Gasteiger partial charge on any atom is -0.294 e. The zero-order valence-electron chi connectivity index (χ0n) is 11.1. The third-order valence-electron chi connectivity index (χ3n) is 3.15. The number of benzene rings is 1. The van der Waals surface area contributed by atoms with Crippen molar-refractivity contribution in [3.8, 4) is 0 Å². The summed E-state index contributed by atoms with van der Waals surface area (Å²) in [6.07, 6.45) is 8.27. The van der Waals surface area contributed by atoms with Crippen molar-refractivity contribution >= 4 is 17.6 Å². The van der Waals surface area contributed by atoms with Crippen molar-refractivity contribution in [2.45, 2.75) is 19.8 Å². The lowest BCUT2D eigenvalue weighted by Gasteiger charge is -2.11. The molecule has 1 aliphatic carbocycles. The van der Waals surface area contributed by atoms with E-state index in [1.807, 2.05) is 30.3 Å². The first-order valence-electron chi connectivity index (χ1n) is 6.33. The summed E-state index contributed by atoms with van der Waals surface area (Å²) in [6.45, 7) is 3.60. The van der Waals surface area contributed by atoms with Crippen LogP contribution in [-0.2, 0) is 9.59 Å². The van der Waals surface area contributed by atoms with Crippen LogP contribution in [0.2, 0.25) is 0 Å². The standard InChI is InChI=1S/C17H16O2/c1-3-7-15(18)14-11-12-9-5-6-10-13(12)17(14)16(19)8-4-2/h3-11,17H,1-2H3. The predicted molar refractivity (Wildman–Crippen MR) is 76.8 cm³/mol. The van der Waals surface area contributed by atoms with Crippen LogP contribution >= 0.6 is 0 Å². The van der Waals surface area contributed by atoms with Crippen molar-refractivity contribution in [3.05, 3.63) is 65.3 Å². The Labute approximate surface area is 113 Å². The average molecular weight is 252 g/mol. The molecule has 1 aromatic rings. The van der Waals surface area contributed by atoms with Gasteiger partial charge in [-0.05, 0) is 43.2 Å². The number of carbonyl (C=O) groups is 2. The second-order valence-electron chi connectivity index (χ2n) is 4.43. The number of carbonyl (C=O) groups excluding carboxylic acids is 2. The third-order valence-corrected chi connectivity index (χ3v) is 3.15. The van der Waals surface area contributed by atoms with Crippen LogP contribution in [0.1, 0.15) is 30.9 Å². The zero-order valence-corrected chi connectivity index (χ0v) is 11.1. The van der Waals surface area contributed by atoms with Crippen LogP contribution in [0.5, 0.6) is 0 Å². The summed E-state index contributed by atoms with van der Waals surface area (Å²) < 4.78 is 0. The van der Waals surface area contributed by atoms with Crippen molar-refractivity contribution in [3.63, 3.8) is 0 Å². The molecule has 0 N–H and O–H groups in total. The molecule has 0 spiro atoms. The van der Waals surface area contributed by atoms with E-state index in [0.29, 0.717) is 5.57 Å². The van der Waals surface area contributed by atoms with Gasteiger partial charge in [0, 0.05) is 5.57 Å². The van der Waals surface area contributed by atoms with Crippen LogP contribution in [0, 0.1) is 0 Å². The van der Waals surface area contributed by atoms with Crippen LogP contribution in [0.3, 0.4) is 0 Å². The summed E-state index contributed by atoms with van der Waals surface area (Å²) in [5.74, 6) is -0.603. The Hall–Kier alpha value is -2.22. The van der Waals surface area contributed by atoms with Crippen LogP contribution in [-0.4, -0.2) is 11.6 Å². The molecular formula is C17H16O2. The lowest BCUT2D eigenvalue weighted by molar-refractivity contribution is -0.117. The molecule has 0 saturated carbocycles. The molecule has 0 radical (unpaired) electrons. The Bertz CT molecular complexity index is 603. The smallest absolute Gasteiger partial charge is 0.182 e. The van der Waals surface area contributed by atoms with Gasteiger partial charge in [-0.2, -0.15) is 0 Å². The van der Waals surface area contributed by atoms with E-state index in [0.717, 1.165) is 11.1 Å². The summed E-state index contributed by atoms with van der Waals surface area (Å²) >= 11 is 0. The molecule has 1 aliphatic rings. The van der Waals surface area contributed by atoms with E-state index in [1.165, 1.54) is 12.2 Å². The Kier molecular flexibility index (Phi) is 3.91. The fourth-order valence-corrected chi connectivity index (χ4v) is 2.35. The van der Waals surface area contributed by atoms with Gasteiger partial charge in [-0.15, -0.1) is 0 Å². The lowest BCUT2D eigenvalue weighted by Crippen LogP contribution is -2.14. The number of fused-ring (bicyclic) bond motifs is 1. The van der Waals surface area contributed by atoms with Crippen LogP contribution in [0.4, 0.5) is 0 Å². The van der Waals surface area contributed by atoms with Gasteiger partial charge in [0.2, 0.25) is 0 Å². The van der Waals surface area contributed by atoms with Gasteiger partial charge in [0.15, 0.2) is 11.6 Å². The second-order valence-corrected chi connectivity index (χ2v) is 4.43. The minimum atomic E-state index is -0.462. The number of ketones is 2. The predicted octanol–water partition coefficient (Wildman–Crippen LogP) is 3.46. The molecule has 0 amide bonds. The largest absolute Gasteiger partial charge is 0.294 e. The quantitative estimate of drug-likeness (QED) is 0.769. The fourth-order valence-electron chi connectivity index (χ4n) is 2.35. The second kappa shape index (κ2) is 5.61. The SMILES string of the molecule is CC=CC(=O)C1=Cc2ccccc2C1C(=O)C=CC. The van der Waals surface area contributed by atoms with Gasteiger partial charge in [-0.1, -0.05) is 36.4 Å². The van der Waals surface area contributed by atoms with Gasteiger partial charge in [-0.25, -0.2) is 0 Å². The highest BCUT2D eigenvalue weighted by atomic mass is 16.1. The summed E-state index contributed by atoms with van der Waals surface area (Å²) in [5.41, 5.74) is 2.43. The van der Waals surface area contributed by atoms with E-state index in [2.05, 4.69) is 0 Å². The van der Waals surface area contributed by atoms with E-state index >= 15 is 0 Å².